The number of carbonyl (C=O) groups is 3. The van der Waals surface area contributed by atoms with E-state index in [2.05, 4.69) is 22.8 Å². The van der Waals surface area contributed by atoms with E-state index < -0.39 is 24.1 Å². The van der Waals surface area contributed by atoms with Crippen LogP contribution in [0.3, 0.4) is 0 Å². The fraction of sp³-hybridized carbons (Fsp3) is 0.348. The lowest BCUT2D eigenvalue weighted by molar-refractivity contribution is -0.146. The van der Waals surface area contributed by atoms with E-state index in [0.29, 0.717) is 6.42 Å². The van der Waals surface area contributed by atoms with Gasteiger partial charge in [0, 0.05) is 18.4 Å². The molecular weight excluding hydrogens is 400 g/mol. The highest BCUT2D eigenvalue weighted by molar-refractivity contribution is 5.79. The molecule has 0 fully saturated rings. The molecule has 31 heavy (non-hydrogen) atoms. The highest BCUT2D eigenvalue weighted by Crippen LogP contribution is 2.44. The minimum atomic E-state index is -1.64. The zero-order chi connectivity index (χ0) is 22.4. The van der Waals surface area contributed by atoms with Gasteiger partial charge in [0.2, 0.25) is 5.91 Å². The van der Waals surface area contributed by atoms with Crippen molar-refractivity contribution < 1.29 is 29.3 Å². The smallest absolute Gasteiger partial charge is 0.407 e. The van der Waals surface area contributed by atoms with Crippen molar-refractivity contribution in [3.63, 3.8) is 0 Å². The van der Waals surface area contributed by atoms with Crippen LogP contribution in [0.15, 0.2) is 48.5 Å². The first kappa shape index (κ1) is 22.3. The summed E-state index contributed by atoms with van der Waals surface area (Å²) in [6.07, 6.45) is -1.77. The monoisotopic (exact) mass is 426 g/mol. The summed E-state index contributed by atoms with van der Waals surface area (Å²) in [7, 11) is 0. The van der Waals surface area contributed by atoms with Crippen molar-refractivity contribution in [1.82, 2.24) is 10.6 Å². The third kappa shape index (κ3) is 5.61. The Hall–Kier alpha value is -3.39. The highest BCUT2D eigenvalue weighted by atomic mass is 16.5. The molecule has 0 aliphatic heterocycles. The number of amides is 2. The van der Waals surface area contributed by atoms with Crippen molar-refractivity contribution in [2.24, 2.45) is 0 Å². The van der Waals surface area contributed by atoms with Crippen LogP contribution in [0.25, 0.3) is 11.1 Å². The average Bonchev–Trinajstić information content (AvgIpc) is 3.08. The van der Waals surface area contributed by atoms with Crippen molar-refractivity contribution in [1.29, 1.82) is 0 Å². The van der Waals surface area contributed by atoms with Gasteiger partial charge in [0.05, 0.1) is 6.54 Å². The van der Waals surface area contributed by atoms with E-state index in [4.69, 9.17) is 14.9 Å². The molecule has 0 spiro atoms. The summed E-state index contributed by atoms with van der Waals surface area (Å²) >= 11 is 0. The van der Waals surface area contributed by atoms with Crippen LogP contribution in [0.2, 0.25) is 0 Å². The predicted octanol–water partition coefficient (Wildman–Crippen LogP) is 2.26. The van der Waals surface area contributed by atoms with Crippen LogP contribution in [0.5, 0.6) is 0 Å². The van der Waals surface area contributed by atoms with Gasteiger partial charge in [-0.2, -0.15) is 0 Å². The number of carboxylic acid groups (broad SMARTS) is 1. The third-order valence-electron chi connectivity index (χ3n) is 5.29. The molecule has 8 heteroatoms. The molecule has 2 atom stereocenters. The summed E-state index contributed by atoms with van der Waals surface area (Å²) in [6.45, 7) is 1.60. The molecule has 8 nitrogen and oxygen atoms in total. The van der Waals surface area contributed by atoms with Crippen LogP contribution < -0.4 is 10.6 Å². The second-order valence-electron chi connectivity index (χ2n) is 7.57. The molecule has 1 aliphatic carbocycles. The summed E-state index contributed by atoms with van der Waals surface area (Å²) in [5.41, 5.74) is 4.56. The second-order valence-corrected chi connectivity index (χ2v) is 7.57. The van der Waals surface area contributed by atoms with Gasteiger partial charge in [0.25, 0.3) is 0 Å². The van der Waals surface area contributed by atoms with Gasteiger partial charge in [-0.15, -0.1) is 0 Å². The van der Waals surface area contributed by atoms with E-state index in [1.807, 2.05) is 36.4 Å². The van der Waals surface area contributed by atoms with E-state index in [-0.39, 0.29) is 31.5 Å². The van der Waals surface area contributed by atoms with E-state index in [1.54, 1.807) is 6.92 Å². The maximum absolute atomic E-state index is 12.2. The van der Waals surface area contributed by atoms with Gasteiger partial charge in [-0.1, -0.05) is 48.5 Å². The topological polar surface area (TPSA) is 125 Å². The van der Waals surface area contributed by atoms with Gasteiger partial charge in [0.15, 0.2) is 6.10 Å². The molecule has 0 saturated carbocycles. The molecule has 2 amide bonds. The first-order valence-corrected chi connectivity index (χ1v) is 10.2. The van der Waals surface area contributed by atoms with Crippen LogP contribution >= 0.6 is 0 Å². The van der Waals surface area contributed by atoms with Gasteiger partial charge in [0.1, 0.15) is 6.61 Å². The van der Waals surface area contributed by atoms with Crippen molar-refractivity contribution in [3.8, 4) is 11.1 Å². The lowest BCUT2D eigenvalue weighted by atomic mass is 9.98. The fourth-order valence-corrected chi connectivity index (χ4v) is 3.65. The molecule has 2 aromatic rings. The number of aliphatic hydroxyl groups is 1. The Morgan fingerprint density at radius 3 is 2.19 bits per heavy atom. The molecule has 2 aromatic carbocycles. The molecule has 4 N–H and O–H groups in total. The summed E-state index contributed by atoms with van der Waals surface area (Å²) in [5, 5.41) is 22.8. The fourth-order valence-electron chi connectivity index (χ4n) is 3.65. The van der Waals surface area contributed by atoms with E-state index in [1.165, 1.54) is 0 Å². The predicted molar refractivity (Wildman–Crippen MR) is 114 cm³/mol. The maximum Gasteiger partial charge on any atom is 0.407 e. The highest BCUT2D eigenvalue weighted by Gasteiger charge is 2.29. The van der Waals surface area contributed by atoms with Crippen LogP contribution in [-0.2, 0) is 14.3 Å². The molecule has 0 radical (unpaired) electrons. The van der Waals surface area contributed by atoms with Gasteiger partial charge in [-0.3, -0.25) is 4.79 Å². The Balaban J connectivity index is 1.45. The summed E-state index contributed by atoms with van der Waals surface area (Å²) in [6, 6.07) is 15.8. The van der Waals surface area contributed by atoms with Crippen LogP contribution in [-0.4, -0.2) is 53.5 Å². The number of alkyl carbamates (subject to hydrolysis) is 1. The van der Waals surface area contributed by atoms with Crippen molar-refractivity contribution in [3.05, 3.63) is 59.7 Å². The number of aliphatic carboxylic acids is 1. The van der Waals surface area contributed by atoms with E-state index >= 15 is 0 Å². The molecule has 0 aromatic heterocycles. The zero-order valence-electron chi connectivity index (χ0n) is 17.2. The Kier molecular flexibility index (Phi) is 7.25. The lowest BCUT2D eigenvalue weighted by Crippen LogP contribution is -2.38. The van der Waals surface area contributed by atoms with E-state index in [9.17, 15) is 14.4 Å². The minimum Gasteiger partial charge on any atom is -0.479 e. The zero-order valence-corrected chi connectivity index (χ0v) is 17.2. The van der Waals surface area contributed by atoms with Gasteiger partial charge < -0.3 is 25.6 Å². The lowest BCUT2D eigenvalue weighted by Gasteiger charge is -2.17. The number of fused-ring (bicyclic) bond motifs is 3. The average molecular weight is 426 g/mol. The number of nitrogens with one attached hydrogen (secondary N) is 2. The van der Waals surface area contributed by atoms with Crippen LogP contribution in [0, 0.1) is 0 Å². The van der Waals surface area contributed by atoms with Gasteiger partial charge >= 0.3 is 12.1 Å². The van der Waals surface area contributed by atoms with Crippen LogP contribution in [0.1, 0.15) is 36.8 Å². The van der Waals surface area contributed by atoms with Gasteiger partial charge in [-0.25, -0.2) is 9.59 Å². The molecule has 0 heterocycles. The van der Waals surface area contributed by atoms with Crippen LogP contribution in [0.4, 0.5) is 4.79 Å². The third-order valence-corrected chi connectivity index (χ3v) is 5.29. The molecule has 1 aliphatic rings. The van der Waals surface area contributed by atoms with E-state index in [0.717, 1.165) is 22.3 Å². The first-order chi connectivity index (χ1) is 14.9. The maximum atomic E-state index is 12.2. The molecule has 0 saturated heterocycles. The molecule has 3 rings (SSSR count). The molecule has 0 bridgehead atoms. The van der Waals surface area contributed by atoms with Gasteiger partial charge in [-0.05, 0) is 35.6 Å². The number of benzene rings is 2. The summed E-state index contributed by atoms with van der Waals surface area (Å²) in [4.78, 5) is 34.5. The standard InChI is InChI=1S/C23H26N2O6/c1-14(10-11-21(27)24-12-20(26)22(28)29)25-23(30)31-13-19-17-8-4-2-6-15(17)16-7-3-5-9-18(16)19/h2-9,14,19-20,26H,10-13H2,1H3,(H,24,27)(H,25,30)(H,28,29). The SMILES string of the molecule is CC(CCC(=O)NCC(O)C(=O)O)NC(=O)OCC1c2ccccc2-c2ccccc21. The number of hydrogen-bond acceptors (Lipinski definition) is 5. The second kappa shape index (κ2) is 10.1. The van der Waals surface area contributed by atoms with Crippen molar-refractivity contribution >= 4 is 18.0 Å². The minimum absolute atomic E-state index is 0.0279. The number of rotatable bonds is 9. The Morgan fingerprint density at radius 2 is 1.61 bits per heavy atom. The van der Waals surface area contributed by atoms with Crippen molar-refractivity contribution in [2.75, 3.05) is 13.2 Å². The Bertz CT molecular complexity index is 915. The number of carbonyl (C=O) groups excluding carboxylic acids is 2. The Labute approximate surface area is 180 Å². The number of aliphatic hydroxyl groups excluding tert-OH is 1. The number of ether oxygens (including phenoxy) is 1. The molecule has 2 unspecified atom stereocenters. The Morgan fingerprint density at radius 1 is 1.03 bits per heavy atom. The number of hydrogen-bond donors (Lipinski definition) is 4. The molecule has 164 valence electrons. The first-order valence-electron chi connectivity index (χ1n) is 10.2. The van der Waals surface area contributed by atoms with Crippen molar-refractivity contribution in [2.45, 2.75) is 37.8 Å². The summed E-state index contributed by atoms with van der Waals surface area (Å²) in [5.74, 6) is -1.83. The number of carboxylic acids is 1. The largest absolute Gasteiger partial charge is 0.479 e. The normalized spacial score (nSPS) is 14.1. The quantitative estimate of drug-likeness (QED) is 0.487. The summed E-state index contributed by atoms with van der Waals surface area (Å²) < 4.78 is 5.47. The molecular formula is C23H26N2O6.